The van der Waals surface area contributed by atoms with Crippen LogP contribution in [0.2, 0.25) is 0 Å². The second kappa shape index (κ2) is 4.91. The summed E-state index contributed by atoms with van der Waals surface area (Å²) in [7, 11) is 0. The van der Waals surface area contributed by atoms with Crippen LogP contribution in [0.4, 0.5) is 0 Å². The highest BCUT2D eigenvalue weighted by Gasteiger charge is 2.22. The zero-order chi connectivity index (χ0) is 11.4. The molecule has 0 aliphatic carbocycles. The average molecular weight is 199 g/mol. The quantitative estimate of drug-likeness (QED) is 0.408. The lowest BCUT2D eigenvalue weighted by Crippen LogP contribution is -2.45. The number of rotatable bonds is 5. The number of ether oxygens (including phenoxy) is 1. The molecular formula is C10H17NO3. The minimum Gasteiger partial charge on any atom is -0.441 e. The van der Waals surface area contributed by atoms with Gasteiger partial charge in [-0.15, -0.1) is 0 Å². The first-order valence-corrected chi connectivity index (χ1v) is 4.38. The van der Waals surface area contributed by atoms with Crippen molar-refractivity contribution in [3.8, 4) is 0 Å². The predicted octanol–water partition coefficient (Wildman–Crippen LogP) is 1.02. The summed E-state index contributed by atoms with van der Waals surface area (Å²) in [6.45, 7) is 10.0. The first-order valence-electron chi connectivity index (χ1n) is 4.38. The van der Waals surface area contributed by atoms with E-state index >= 15 is 0 Å². The summed E-state index contributed by atoms with van der Waals surface area (Å²) in [6, 6.07) is 0. The smallest absolute Gasteiger partial charge is 0.334 e. The fourth-order valence-corrected chi connectivity index (χ4v) is 0.692. The van der Waals surface area contributed by atoms with Crippen LogP contribution < -0.4 is 5.32 Å². The fraction of sp³-hybridized carbons (Fsp3) is 0.600. The molecule has 4 nitrogen and oxygen atoms in total. The highest BCUT2D eigenvalue weighted by atomic mass is 16.6. The van der Waals surface area contributed by atoms with Crippen molar-refractivity contribution in [1.82, 2.24) is 5.32 Å². The van der Waals surface area contributed by atoms with Gasteiger partial charge in [0.15, 0.2) is 5.72 Å². The molecule has 0 rings (SSSR count). The molecule has 0 bridgehead atoms. The number of hydrogen-bond donors (Lipinski definition) is 1. The van der Waals surface area contributed by atoms with Gasteiger partial charge >= 0.3 is 5.97 Å². The summed E-state index contributed by atoms with van der Waals surface area (Å²) in [5, 5.41) is 2.81. The number of carbonyl (C=O) groups is 2. The Balaban J connectivity index is 4.13. The molecule has 0 saturated carbocycles. The van der Waals surface area contributed by atoms with Crippen LogP contribution in [0.3, 0.4) is 0 Å². The maximum atomic E-state index is 11.2. The third-order valence-corrected chi connectivity index (χ3v) is 1.46. The van der Waals surface area contributed by atoms with Crippen LogP contribution in [0.25, 0.3) is 0 Å². The van der Waals surface area contributed by atoms with Gasteiger partial charge in [0.1, 0.15) is 5.78 Å². The van der Waals surface area contributed by atoms with E-state index in [9.17, 15) is 9.59 Å². The molecule has 0 spiro atoms. The van der Waals surface area contributed by atoms with Gasteiger partial charge in [0, 0.05) is 5.57 Å². The van der Waals surface area contributed by atoms with Crippen LogP contribution >= 0.6 is 0 Å². The second-order valence-electron chi connectivity index (χ2n) is 3.74. The van der Waals surface area contributed by atoms with E-state index in [0.29, 0.717) is 5.57 Å². The van der Waals surface area contributed by atoms with E-state index in [1.165, 1.54) is 6.92 Å². The molecule has 0 atom stereocenters. The van der Waals surface area contributed by atoms with Gasteiger partial charge in [-0.2, -0.15) is 0 Å². The van der Waals surface area contributed by atoms with Crippen LogP contribution in [0.5, 0.6) is 0 Å². The van der Waals surface area contributed by atoms with E-state index in [1.807, 2.05) is 0 Å². The fourth-order valence-electron chi connectivity index (χ4n) is 0.692. The number of Topliss-reactive ketones (excluding diaryl/α,β-unsaturated/α-hetero) is 1. The zero-order valence-electron chi connectivity index (χ0n) is 9.14. The Bertz CT molecular complexity index is 256. The molecule has 0 amide bonds. The van der Waals surface area contributed by atoms with Crippen LogP contribution in [-0.2, 0) is 14.3 Å². The van der Waals surface area contributed by atoms with Crippen molar-refractivity contribution in [2.24, 2.45) is 0 Å². The summed E-state index contributed by atoms with van der Waals surface area (Å²) in [4.78, 5) is 21.8. The van der Waals surface area contributed by atoms with Gasteiger partial charge in [-0.1, -0.05) is 6.58 Å². The summed E-state index contributed by atoms with van der Waals surface area (Å²) in [5.74, 6) is -0.476. The third kappa shape index (κ3) is 5.48. The van der Waals surface area contributed by atoms with Gasteiger partial charge in [-0.05, 0) is 27.7 Å². The van der Waals surface area contributed by atoms with Crippen molar-refractivity contribution in [2.45, 2.75) is 33.4 Å². The first-order chi connectivity index (χ1) is 6.24. The first kappa shape index (κ1) is 12.8. The summed E-state index contributed by atoms with van der Waals surface area (Å²) in [6.07, 6.45) is 0. The number of nitrogens with one attached hydrogen (secondary N) is 1. The lowest BCUT2D eigenvalue weighted by Gasteiger charge is -2.25. The summed E-state index contributed by atoms with van der Waals surface area (Å²) in [5.41, 5.74) is -0.510. The number of hydrogen-bond acceptors (Lipinski definition) is 4. The Morgan fingerprint density at radius 2 is 1.86 bits per heavy atom. The van der Waals surface area contributed by atoms with Crippen molar-refractivity contribution in [3.05, 3.63) is 12.2 Å². The number of ketones is 1. The van der Waals surface area contributed by atoms with Crippen LogP contribution in [0.1, 0.15) is 27.7 Å². The molecule has 0 aromatic carbocycles. The Morgan fingerprint density at radius 1 is 1.36 bits per heavy atom. The van der Waals surface area contributed by atoms with Gasteiger partial charge < -0.3 is 4.74 Å². The molecule has 4 heteroatoms. The topological polar surface area (TPSA) is 55.4 Å². The normalized spacial score (nSPS) is 10.9. The SMILES string of the molecule is C=C(C)C(=O)OC(C)(C)NCC(C)=O. The van der Waals surface area contributed by atoms with E-state index in [-0.39, 0.29) is 12.3 Å². The molecule has 14 heavy (non-hydrogen) atoms. The van der Waals surface area contributed by atoms with Gasteiger partial charge in [-0.25, -0.2) is 4.79 Å². The van der Waals surface area contributed by atoms with E-state index in [2.05, 4.69) is 11.9 Å². The van der Waals surface area contributed by atoms with Gasteiger partial charge in [0.2, 0.25) is 0 Å². The Morgan fingerprint density at radius 3 is 2.21 bits per heavy atom. The summed E-state index contributed by atoms with van der Waals surface area (Å²) < 4.78 is 5.05. The van der Waals surface area contributed by atoms with E-state index in [0.717, 1.165) is 0 Å². The van der Waals surface area contributed by atoms with Crippen molar-refractivity contribution in [3.63, 3.8) is 0 Å². The Hall–Kier alpha value is -1.16. The van der Waals surface area contributed by atoms with Crippen molar-refractivity contribution >= 4 is 11.8 Å². The lowest BCUT2D eigenvalue weighted by molar-refractivity contribution is -0.155. The predicted molar refractivity (Wildman–Crippen MR) is 53.7 cm³/mol. The summed E-state index contributed by atoms with van der Waals surface area (Å²) >= 11 is 0. The molecular weight excluding hydrogens is 182 g/mol. The maximum absolute atomic E-state index is 11.2. The van der Waals surface area contributed by atoms with Crippen LogP contribution in [0, 0.1) is 0 Å². The average Bonchev–Trinajstić information content (AvgIpc) is 2.00. The molecule has 0 aromatic rings. The maximum Gasteiger partial charge on any atom is 0.334 e. The molecule has 0 aliphatic heterocycles. The second-order valence-corrected chi connectivity index (χ2v) is 3.74. The van der Waals surface area contributed by atoms with Gasteiger partial charge in [0.25, 0.3) is 0 Å². The van der Waals surface area contributed by atoms with Gasteiger partial charge in [-0.3, -0.25) is 10.1 Å². The third-order valence-electron chi connectivity index (χ3n) is 1.46. The number of esters is 1. The molecule has 0 aromatic heterocycles. The van der Waals surface area contributed by atoms with Crippen molar-refractivity contribution in [1.29, 1.82) is 0 Å². The molecule has 0 fully saturated rings. The molecule has 80 valence electrons. The minimum atomic E-state index is -0.846. The Kier molecular flexibility index (Phi) is 4.50. The molecule has 0 radical (unpaired) electrons. The van der Waals surface area contributed by atoms with Crippen molar-refractivity contribution < 1.29 is 14.3 Å². The lowest BCUT2D eigenvalue weighted by atomic mass is 10.2. The monoisotopic (exact) mass is 199 g/mol. The van der Waals surface area contributed by atoms with E-state index in [1.54, 1.807) is 20.8 Å². The molecule has 1 N–H and O–H groups in total. The number of carbonyl (C=O) groups excluding carboxylic acids is 2. The molecule has 0 unspecified atom stereocenters. The van der Waals surface area contributed by atoms with Gasteiger partial charge in [0.05, 0.1) is 6.54 Å². The molecule has 0 heterocycles. The largest absolute Gasteiger partial charge is 0.441 e. The minimum absolute atomic E-state index is 0.00977. The zero-order valence-corrected chi connectivity index (χ0v) is 9.14. The standard InChI is InChI=1S/C10H17NO3/c1-7(2)9(13)14-10(4,5)11-6-8(3)12/h11H,1,6H2,2-5H3. The molecule has 0 aliphatic rings. The highest BCUT2D eigenvalue weighted by Crippen LogP contribution is 2.07. The highest BCUT2D eigenvalue weighted by molar-refractivity contribution is 5.87. The van der Waals surface area contributed by atoms with Crippen LogP contribution in [-0.4, -0.2) is 24.0 Å². The molecule has 0 saturated heterocycles. The Labute approximate surface area is 84.3 Å². The van der Waals surface area contributed by atoms with E-state index < -0.39 is 11.7 Å². The van der Waals surface area contributed by atoms with E-state index in [4.69, 9.17) is 4.74 Å². The van der Waals surface area contributed by atoms with Crippen LogP contribution in [0.15, 0.2) is 12.2 Å². The van der Waals surface area contributed by atoms with Crippen molar-refractivity contribution in [2.75, 3.05) is 6.54 Å².